The number of nitrogens with zero attached hydrogens (tertiary/aromatic N) is 1. The summed E-state index contributed by atoms with van der Waals surface area (Å²) in [6.45, 7) is 3.63. The molecule has 1 aliphatic carbocycles. The van der Waals surface area contributed by atoms with Crippen molar-refractivity contribution in [2.75, 3.05) is 24.5 Å². The van der Waals surface area contributed by atoms with Crippen LogP contribution in [0.2, 0.25) is 0 Å². The van der Waals surface area contributed by atoms with E-state index in [4.69, 9.17) is 0 Å². The molecular weight excluding hydrogens is 309 g/mol. The molecule has 1 heterocycles. The first-order chi connectivity index (χ1) is 11.5. The number of benzene rings is 1. The van der Waals surface area contributed by atoms with E-state index in [1.807, 2.05) is 17.9 Å². The summed E-state index contributed by atoms with van der Waals surface area (Å²) >= 11 is 0. The monoisotopic (exact) mass is 335 g/mol. The molecule has 1 atom stereocenters. The Morgan fingerprint density at radius 2 is 2.21 bits per heavy atom. The number of hydrogen-bond donors (Lipinski definition) is 3. The van der Waals surface area contributed by atoms with Crippen LogP contribution in [0.25, 0.3) is 0 Å². The summed E-state index contributed by atoms with van der Waals surface area (Å²) in [5, 5.41) is 15.7. The Hall–Kier alpha value is -1.82. The third kappa shape index (κ3) is 3.98. The summed E-state index contributed by atoms with van der Waals surface area (Å²) in [7, 11) is 0. The molecule has 2 amide bonds. The van der Waals surface area contributed by atoms with Gasteiger partial charge in [-0.2, -0.15) is 0 Å². The van der Waals surface area contributed by atoms with Crippen molar-refractivity contribution < 1.29 is 14.3 Å². The van der Waals surface area contributed by atoms with Gasteiger partial charge in [0.15, 0.2) is 0 Å². The van der Waals surface area contributed by atoms with Crippen molar-refractivity contribution in [1.82, 2.24) is 10.6 Å². The molecule has 5 nitrogen and oxygen atoms in total. The number of carbonyl (C=O) groups excluding carboxylic acids is 1. The van der Waals surface area contributed by atoms with Crippen LogP contribution in [0.3, 0.4) is 0 Å². The van der Waals surface area contributed by atoms with Crippen LogP contribution in [0.4, 0.5) is 14.9 Å². The number of anilines is 1. The molecule has 1 aromatic rings. The fourth-order valence-electron chi connectivity index (χ4n) is 3.42. The third-order valence-corrected chi connectivity index (χ3v) is 5.06. The molecule has 0 aromatic heterocycles. The normalized spacial score (nSPS) is 22.6. The number of piperidine rings is 1. The number of aliphatic hydroxyl groups is 1. The molecule has 0 bridgehead atoms. The molecule has 6 heteroatoms. The SMILES string of the molecule is Cc1ccc(F)c(N2CCCC(NC(=O)NCC3(O)CCC3)C2)c1. The van der Waals surface area contributed by atoms with Gasteiger partial charge >= 0.3 is 6.03 Å². The minimum atomic E-state index is -0.722. The van der Waals surface area contributed by atoms with Gasteiger partial charge in [0.25, 0.3) is 0 Å². The predicted molar refractivity (Wildman–Crippen MR) is 91.7 cm³/mol. The fourth-order valence-corrected chi connectivity index (χ4v) is 3.42. The fraction of sp³-hybridized carbons (Fsp3) is 0.611. The van der Waals surface area contributed by atoms with E-state index in [0.717, 1.165) is 44.2 Å². The smallest absolute Gasteiger partial charge is 0.315 e. The van der Waals surface area contributed by atoms with Gasteiger partial charge in [-0.1, -0.05) is 6.07 Å². The molecule has 0 spiro atoms. The molecule has 132 valence electrons. The summed E-state index contributed by atoms with van der Waals surface area (Å²) in [6.07, 6.45) is 4.29. The van der Waals surface area contributed by atoms with Crippen molar-refractivity contribution >= 4 is 11.7 Å². The molecule has 1 saturated carbocycles. The van der Waals surface area contributed by atoms with Crippen LogP contribution in [-0.2, 0) is 0 Å². The molecule has 1 aliphatic heterocycles. The van der Waals surface area contributed by atoms with E-state index in [2.05, 4.69) is 10.6 Å². The van der Waals surface area contributed by atoms with E-state index in [1.54, 1.807) is 6.07 Å². The summed E-state index contributed by atoms with van der Waals surface area (Å²) < 4.78 is 14.1. The Morgan fingerprint density at radius 3 is 2.92 bits per heavy atom. The number of aryl methyl sites for hydroxylation is 1. The lowest BCUT2D eigenvalue weighted by atomic mass is 9.80. The Bertz CT molecular complexity index is 604. The van der Waals surface area contributed by atoms with Crippen molar-refractivity contribution in [2.24, 2.45) is 0 Å². The van der Waals surface area contributed by atoms with Gasteiger partial charge in [-0.3, -0.25) is 0 Å². The average Bonchev–Trinajstić information content (AvgIpc) is 2.53. The van der Waals surface area contributed by atoms with Crippen LogP contribution in [0.15, 0.2) is 18.2 Å². The van der Waals surface area contributed by atoms with Gasteiger partial charge in [0.2, 0.25) is 0 Å². The Morgan fingerprint density at radius 1 is 1.42 bits per heavy atom. The lowest BCUT2D eigenvalue weighted by Crippen LogP contribution is -2.54. The maximum atomic E-state index is 14.1. The van der Waals surface area contributed by atoms with Crippen LogP contribution < -0.4 is 15.5 Å². The predicted octanol–water partition coefficient (Wildman–Crippen LogP) is 2.32. The molecule has 3 rings (SSSR count). The van der Waals surface area contributed by atoms with Gasteiger partial charge in [0, 0.05) is 25.7 Å². The summed E-state index contributed by atoms with van der Waals surface area (Å²) in [6, 6.07) is 4.83. The Labute approximate surface area is 142 Å². The second kappa shape index (κ2) is 6.97. The number of urea groups is 1. The molecule has 1 saturated heterocycles. The van der Waals surface area contributed by atoms with Gasteiger partial charge in [-0.15, -0.1) is 0 Å². The number of rotatable bonds is 4. The van der Waals surface area contributed by atoms with E-state index in [0.29, 0.717) is 18.8 Å². The van der Waals surface area contributed by atoms with Crippen molar-refractivity contribution in [3.05, 3.63) is 29.6 Å². The number of carbonyl (C=O) groups is 1. The molecule has 24 heavy (non-hydrogen) atoms. The molecular formula is C18H26FN3O2. The first kappa shape index (κ1) is 17.0. The largest absolute Gasteiger partial charge is 0.388 e. The number of hydrogen-bond acceptors (Lipinski definition) is 3. The van der Waals surface area contributed by atoms with Gasteiger partial charge in [0.1, 0.15) is 5.82 Å². The zero-order valence-electron chi connectivity index (χ0n) is 14.1. The molecule has 1 aromatic carbocycles. The second-order valence-electron chi connectivity index (χ2n) is 7.14. The lowest BCUT2D eigenvalue weighted by molar-refractivity contribution is -0.0290. The molecule has 3 N–H and O–H groups in total. The van der Waals surface area contributed by atoms with Crippen molar-refractivity contribution in [1.29, 1.82) is 0 Å². The van der Waals surface area contributed by atoms with Crippen molar-refractivity contribution in [3.8, 4) is 0 Å². The lowest BCUT2D eigenvalue weighted by Gasteiger charge is -2.37. The van der Waals surface area contributed by atoms with E-state index < -0.39 is 5.60 Å². The van der Waals surface area contributed by atoms with Crippen LogP contribution in [0.1, 0.15) is 37.7 Å². The van der Waals surface area contributed by atoms with E-state index >= 15 is 0 Å². The quantitative estimate of drug-likeness (QED) is 0.791. The van der Waals surface area contributed by atoms with E-state index in [-0.39, 0.29) is 17.9 Å². The average molecular weight is 335 g/mol. The highest BCUT2D eigenvalue weighted by molar-refractivity contribution is 5.74. The van der Waals surface area contributed by atoms with Gasteiger partial charge in [-0.05, 0) is 56.7 Å². The zero-order chi connectivity index (χ0) is 17.2. The van der Waals surface area contributed by atoms with E-state index in [9.17, 15) is 14.3 Å². The van der Waals surface area contributed by atoms with Crippen molar-refractivity contribution in [3.63, 3.8) is 0 Å². The highest BCUT2D eigenvalue weighted by Gasteiger charge is 2.34. The maximum absolute atomic E-state index is 14.1. The summed E-state index contributed by atoms with van der Waals surface area (Å²) in [5.74, 6) is -0.224. The van der Waals surface area contributed by atoms with E-state index in [1.165, 1.54) is 6.07 Å². The van der Waals surface area contributed by atoms with Gasteiger partial charge in [-0.25, -0.2) is 9.18 Å². The third-order valence-electron chi connectivity index (χ3n) is 5.06. The highest BCUT2D eigenvalue weighted by Crippen LogP contribution is 2.30. The van der Waals surface area contributed by atoms with Crippen LogP contribution in [-0.4, -0.2) is 42.4 Å². The molecule has 2 aliphatic rings. The van der Waals surface area contributed by atoms with Crippen LogP contribution in [0.5, 0.6) is 0 Å². The second-order valence-corrected chi connectivity index (χ2v) is 7.14. The topological polar surface area (TPSA) is 64.6 Å². The minimum absolute atomic E-state index is 0.0188. The van der Waals surface area contributed by atoms with Gasteiger partial charge in [0.05, 0.1) is 11.3 Å². The maximum Gasteiger partial charge on any atom is 0.315 e. The van der Waals surface area contributed by atoms with Crippen molar-refractivity contribution in [2.45, 2.75) is 50.7 Å². The molecule has 0 radical (unpaired) electrons. The van der Waals surface area contributed by atoms with Crippen LogP contribution in [0, 0.1) is 12.7 Å². The van der Waals surface area contributed by atoms with Gasteiger partial charge < -0.3 is 20.6 Å². The zero-order valence-corrected chi connectivity index (χ0v) is 14.1. The van der Waals surface area contributed by atoms with Crippen LogP contribution >= 0.6 is 0 Å². The molecule has 1 unspecified atom stereocenters. The first-order valence-electron chi connectivity index (χ1n) is 8.73. The number of amides is 2. The Balaban J connectivity index is 1.53. The summed E-state index contributed by atoms with van der Waals surface area (Å²) in [4.78, 5) is 14.0. The number of nitrogens with one attached hydrogen (secondary N) is 2. The Kier molecular flexibility index (Phi) is 4.94. The minimum Gasteiger partial charge on any atom is -0.388 e. The highest BCUT2D eigenvalue weighted by atomic mass is 19.1. The number of halogens is 1. The standard InChI is InChI=1S/C18H26FN3O2/c1-13-5-6-15(19)16(10-13)22-9-2-4-14(11-22)21-17(23)20-12-18(24)7-3-8-18/h5-6,10,14,24H,2-4,7-9,11-12H2,1H3,(H2,20,21,23). The summed E-state index contributed by atoms with van der Waals surface area (Å²) in [5.41, 5.74) is 0.902. The first-order valence-corrected chi connectivity index (χ1v) is 8.73. The molecule has 2 fully saturated rings.